The molecule has 5 nitrogen and oxygen atoms in total. The summed E-state index contributed by atoms with van der Waals surface area (Å²) < 4.78 is 13.1. The van der Waals surface area contributed by atoms with Crippen LogP contribution in [0.1, 0.15) is 28.9 Å². The zero-order valence-electron chi connectivity index (χ0n) is 13.2. The van der Waals surface area contributed by atoms with Crippen LogP contribution in [0.15, 0.2) is 29.6 Å². The Kier molecular flexibility index (Phi) is 4.82. The molecule has 1 aliphatic heterocycles. The Balaban J connectivity index is 1.78. The normalized spacial score (nSPS) is 21.0. The van der Waals surface area contributed by atoms with Crippen molar-refractivity contribution in [2.45, 2.75) is 19.3 Å². The molecule has 128 valence electrons. The lowest BCUT2D eigenvalue weighted by Crippen LogP contribution is -2.46. The molecule has 3 rings (SSSR count). The van der Waals surface area contributed by atoms with Gasteiger partial charge in [-0.05, 0) is 37.0 Å². The first kappa shape index (κ1) is 16.9. The van der Waals surface area contributed by atoms with Crippen LogP contribution in [0.5, 0.6) is 0 Å². The van der Waals surface area contributed by atoms with Gasteiger partial charge in [0.2, 0.25) is 0 Å². The largest absolute Gasteiger partial charge is 0.396 e. The van der Waals surface area contributed by atoms with Crippen molar-refractivity contribution >= 4 is 22.4 Å². The number of aliphatic hydroxyl groups excluding tert-OH is 1. The van der Waals surface area contributed by atoms with Gasteiger partial charge in [-0.25, -0.2) is 9.37 Å². The monoisotopic (exact) mass is 349 g/mol. The second-order valence-electron chi connectivity index (χ2n) is 6.37. The summed E-state index contributed by atoms with van der Waals surface area (Å²) >= 11 is 1.39. The molecule has 0 aliphatic carbocycles. The van der Waals surface area contributed by atoms with Crippen LogP contribution in [0.25, 0.3) is 0 Å². The van der Waals surface area contributed by atoms with E-state index >= 15 is 0 Å². The summed E-state index contributed by atoms with van der Waals surface area (Å²) in [5.74, 6) is -0.793. The molecule has 1 aliphatic rings. The molecular formula is C17H20FN3O2S. The summed E-state index contributed by atoms with van der Waals surface area (Å²) in [5.41, 5.74) is 6.25. The molecule has 1 amide bonds. The quantitative estimate of drug-likeness (QED) is 0.867. The standard InChI is InChI=1S/C17H20FN3O2S/c18-13-4-2-12(3-5-13)8-17(11-22)6-1-7-21(10-17)16-20-14(9-24-16)15(19)23/h2-5,9,22H,1,6-8,10-11H2,(H2,19,23). The lowest BCUT2D eigenvalue weighted by atomic mass is 9.76. The third-order valence-electron chi connectivity index (χ3n) is 4.50. The molecule has 2 heterocycles. The van der Waals surface area contributed by atoms with Gasteiger partial charge in [0.1, 0.15) is 11.5 Å². The van der Waals surface area contributed by atoms with E-state index < -0.39 is 5.91 Å². The topological polar surface area (TPSA) is 79.5 Å². The van der Waals surface area contributed by atoms with Gasteiger partial charge in [0.05, 0.1) is 6.61 Å². The summed E-state index contributed by atoms with van der Waals surface area (Å²) in [4.78, 5) is 17.6. The average molecular weight is 349 g/mol. The maximum Gasteiger partial charge on any atom is 0.268 e. The van der Waals surface area contributed by atoms with Gasteiger partial charge in [-0.3, -0.25) is 4.79 Å². The van der Waals surface area contributed by atoms with Gasteiger partial charge in [-0.2, -0.15) is 0 Å². The number of anilines is 1. The number of amides is 1. The van der Waals surface area contributed by atoms with Crippen molar-refractivity contribution in [3.8, 4) is 0 Å². The van der Waals surface area contributed by atoms with E-state index in [2.05, 4.69) is 9.88 Å². The Morgan fingerprint density at radius 2 is 2.17 bits per heavy atom. The zero-order valence-corrected chi connectivity index (χ0v) is 14.1. The van der Waals surface area contributed by atoms with Crippen LogP contribution in [-0.4, -0.2) is 35.7 Å². The van der Waals surface area contributed by atoms with E-state index in [1.807, 2.05) is 0 Å². The summed E-state index contributed by atoms with van der Waals surface area (Å²) in [7, 11) is 0. The Bertz CT molecular complexity index is 719. The number of hydrogen-bond donors (Lipinski definition) is 2. The number of nitrogens with two attached hydrogens (primary N) is 1. The molecule has 0 bridgehead atoms. The number of hydrogen-bond acceptors (Lipinski definition) is 5. The Labute approximate surface area is 143 Å². The van der Waals surface area contributed by atoms with Gasteiger partial charge in [-0.15, -0.1) is 11.3 Å². The first-order chi connectivity index (χ1) is 11.5. The van der Waals surface area contributed by atoms with Crippen molar-refractivity contribution in [1.29, 1.82) is 0 Å². The van der Waals surface area contributed by atoms with E-state index in [4.69, 9.17) is 5.73 Å². The van der Waals surface area contributed by atoms with Crippen LogP contribution in [0.2, 0.25) is 0 Å². The van der Waals surface area contributed by atoms with Crippen molar-refractivity contribution in [3.63, 3.8) is 0 Å². The second-order valence-corrected chi connectivity index (χ2v) is 7.20. The molecule has 2 aromatic rings. The highest BCUT2D eigenvalue weighted by atomic mass is 32.1. The van der Waals surface area contributed by atoms with Gasteiger partial charge in [-0.1, -0.05) is 12.1 Å². The highest BCUT2D eigenvalue weighted by molar-refractivity contribution is 7.13. The molecule has 0 radical (unpaired) electrons. The maximum absolute atomic E-state index is 13.1. The predicted octanol–water partition coefficient (Wildman–Crippen LogP) is 2.20. The first-order valence-corrected chi connectivity index (χ1v) is 8.75. The number of carbonyl (C=O) groups excluding carboxylic acids is 1. The van der Waals surface area contributed by atoms with Crippen LogP contribution < -0.4 is 10.6 Å². The van der Waals surface area contributed by atoms with Crippen LogP contribution in [0.3, 0.4) is 0 Å². The van der Waals surface area contributed by atoms with Gasteiger partial charge < -0.3 is 15.7 Å². The molecule has 3 N–H and O–H groups in total. The minimum atomic E-state index is -0.533. The number of nitrogens with zero attached hydrogens (tertiary/aromatic N) is 2. The number of primary amides is 1. The molecular weight excluding hydrogens is 329 g/mol. The molecule has 0 spiro atoms. The maximum atomic E-state index is 13.1. The van der Waals surface area contributed by atoms with Crippen molar-refractivity contribution in [3.05, 3.63) is 46.7 Å². The smallest absolute Gasteiger partial charge is 0.268 e. The van der Waals surface area contributed by atoms with Crippen LogP contribution in [0.4, 0.5) is 9.52 Å². The average Bonchev–Trinajstić information content (AvgIpc) is 3.08. The van der Waals surface area contributed by atoms with Crippen LogP contribution >= 0.6 is 11.3 Å². The molecule has 7 heteroatoms. The van der Waals surface area contributed by atoms with Crippen LogP contribution in [-0.2, 0) is 6.42 Å². The van der Waals surface area contributed by atoms with Crippen LogP contribution in [0, 0.1) is 11.2 Å². The summed E-state index contributed by atoms with van der Waals surface area (Å²) in [6.45, 7) is 1.53. The van der Waals surface area contributed by atoms with Gasteiger partial charge in [0.15, 0.2) is 5.13 Å². The molecule has 1 aromatic carbocycles. The number of aliphatic hydroxyl groups is 1. The number of aromatic nitrogens is 1. The van der Waals surface area contributed by atoms with Crippen molar-refractivity contribution < 1.29 is 14.3 Å². The molecule has 1 aromatic heterocycles. The Morgan fingerprint density at radius 1 is 1.42 bits per heavy atom. The lowest BCUT2D eigenvalue weighted by molar-refractivity contribution is 0.0995. The van der Waals surface area contributed by atoms with E-state index in [-0.39, 0.29) is 23.5 Å². The minimum absolute atomic E-state index is 0.0505. The SMILES string of the molecule is NC(=O)c1csc(N2CCCC(CO)(Cc3ccc(F)cc3)C2)n1. The highest BCUT2D eigenvalue weighted by Gasteiger charge is 2.36. The molecule has 24 heavy (non-hydrogen) atoms. The van der Waals surface area contributed by atoms with E-state index in [0.29, 0.717) is 13.0 Å². The molecule has 1 saturated heterocycles. The molecule has 1 atom stereocenters. The highest BCUT2D eigenvalue weighted by Crippen LogP contribution is 2.36. The fourth-order valence-corrected chi connectivity index (χ4v) is 4.10. The predicted molar refractivity (Wildman–Crippen MR) is 91.7 cm³/mol. The summed E-state index contributed by atoms with van der Waals surface area (Å²) in [6, 6.07) is 6.42. The third kappa shape index (κ3) is 3.57. The fraction of sp³-hybridized carbons (Fsp3) is 0.412. The van der Waals surface area contributed by atoms with Gasteiger partial charge in [0, 0.05) is 23.9 Å². The Hall–Kier alpha value is -1.99. The number of piperidine rings is 1. The van der Waals surface area contributed by atoms with Gasteiger partial charge >= 0.3 is 0 Å². The van der Waals surface area contributed by atoms with E-state index in [1.165, 1.54) is 23.5 Å². The fourth-order valence-electron chi connectivity index (χ4n) is 3.26. The van der Waals surface area contributed by atoms with E-state index in [0.717, 1.165) is 30.1 Å². The molecule has 1 fully saturated rings. The van der Waals surface area contributed by atoms with Crippen molar-refractivity contribution in [1.82, 2.24) is 4.98 Å². The third-order valence-corrected chi connectivity index (χ3v) is 5.41. The number of rotatable bonds is 5. The lowest BCUT2D eigenvalue weighted by Gasteiger charge is -2.42. The zero-order chi connectivity index (χ0) is 17.2. The van der Waals surface area contributed by atoms with Crippen molar-refractivity contribution in [2.75, 3.05) is 24.6 Å². The number of halogens is 1. The molecule has 1 unspecified atom stereocenters. The Morgan fingerprint density at radius 3 is 2.79 bits per heavy atom. The number of benzene rings is 1. The number of carbonyl (C=O) groups is 1. The van der Waals surface area contributed by atoms with Crippen molar-refractivity contribution in [2.24, 2.45) is 11.1 Å². The molecule has 0 saturated carbocycles. The minimum Gasteiger partial charge on any atom is -0.396 e. The summed E-state index contributed by atoms with van der Waals surface area (Å²) in [6.07, 6.45) is 2.49. The number of thiazole rings is 1. The summed E-state index contributed by atoms with van der Waals surface area (Å²) in [5, 5.41) is 12.4. The van der Waals surface area contributed by atoms with E-state index in [9.17, 15) is 14.3 Å². The first-order valence-electron chi connectivity index (χ1n) is 7.87. The van der Waals surface area contributed by atoms with Gasteiger partial charge in [0.25, 0.3) is 5.91 Å². The second kappa shape index (κ2) is 6.86. The van der Waals surface area contributed by atoms with E-state index in [1.54, 1.807) is 17.5 Å².